The van der Waals surface area contributed by atoms with Crippen LogP contribution in [0.2, 0.25) is 0 Å². The molecule has 0 saturated heterocycles. The van der Waals surface area contributed by atoms with Gasteiger partial charge in [0.05, 0.1) is 0 Å². The van der Waals surface area contributed by atoms with Crippen LogP contribution >= 0.6 is 0 Å². The van der Waals surface area contributed by atoms with Crippen LogP contribution in [-0.2, 0) is 9.78 Å². The van der Waals surface area contributed by atoms with E-state index in [2.05, 4.69) is 55.4 Å². The molecule has 5 rings (SSSR count). The van der Waals surface area contributed by atoms with E-state index >= 15 is 0 Å². The van der Waals surface area contributed by atoms with Crippen molar-refractivity contribution in [3.05, 3.63) is 66.8 Å². The third-order valence-corrected chi connectivity index (χ3v) is 6.87. The number of hydrogen-bond acceptors (Lipinski definition) is 2. The summed E-state index contributed by atoms with van der Waals surface area (Å²) in [6, 6.07) is 0. The number of hydrogen-bond donors (Lipinski definition) is 0. The molecule has 0 spiro atoms. The van der Waals surface area contributed by atoms with E-state index in [1.807, 2.05) is 0 Å². The number of fused-ring (bicyclic) bond motifs is 1. The van der Waals surface area contributed by atoms with Gasteiger partial charge in [-0.2, -0.15) is 0 Å². The fourth-order valence-corrected chi connectivity index (χ4v) is 4.68. The minimum Gasteiger partial charge on any atom is -0.223 e. The lowest BCUT2D eigenvalue weighted by molar-refractivity contribution is -0.360. The van der Waals surface area contributed by atoms with Crippen LogP contribution in [-0.4, -0.2) is 0 Å². The molecular weight excluding hydrogens is 296 g/mol. The highest BCUT2D eigenvalue weighted by Gasteiger charge is 2.45. The molecule has 2 heteroatoms. The molecule has 0 atom stereocenters. The van der Waals surface area contributed by atoms with E-state index in [0.29, 0.717) is 0 Å². The minimum absolute atomic E-state index is 0.101. The predicted molar refractivity (Wildman–Crippen MR) is 96.6 cm³/mol. The average Bonchev–Trinajstić information content (AvgIpc) is 2.59. The Morgan fingerprint density at radius 2 is 0.583 bits per heavy atom. The molecular formula is C22H26O2. The van der Waals surface area contributed by atoms with Crippen molar-refractivity contribution >= 4 is 0 Å². The summed E-state index contributed by atoms with van der Waals surface area (Å²) in [4.78, 5) is 11.8. The molecule has 0 unspecified atom stereocenters. The Hall–Kier alpha value is -1.64. The first-order valence-electron chi connectivity index (χ1n) is 8.79. The molecule has 2 aliphatic heterocycles. The second-order valence-corrected chi connectivity index (χ2v) is 7.61. The Balaban J connectivity index is 2.15. The second kappa shape index (κ2) is 4.93. The van der Waals surface area contributed by atoms with Gasteiger partial charge in [-0.1, -0.05) is 0 Å². The van der Waals surface area contributed by atoms with Gasteiger partial charge in [-0.3, -0.25) is 0 Å². The Morgan fingerprint density at radius 3 is 0.792 bits per heavy atom. The van der Waals surface area contributed by atoms with Crippen molar-refractivity contribution in [2.45, 2.75) is 67.6 Å². The van der Waals surface area contributed by atoms with E-state index < -0.39 is 0 Å². The molecule has 0 radical (unpaired) electrons. The van der Waals surface area contributed by atoms with E-state index in [9.17, 15) is 0 Å². The zero-order chi connectivity index (χ0) is 17.5. The van der Waals surface area contributed by atoms with E-state index in [1.54, 1.807) is 0 Å². The first-order chi connectivity index (χ1) is 11.3. The third-order valence-electron chi connectivity index (χ3n) is 6.87. The Kier molecular flexibility index (Phi) is 3.26. The summed E-state index contributed by atoms with van der Waals surface area (Å²) >= 11 is 0. The van der Waals surface area contributed by atoms with Crippen LogP contribution in [0.1, 0.15) is 79.0 Å². The fourth-order valence-electron chi connectivity index (χ4n) is 4.68. The lowest BCUT2D eigenvalue weighted by Crippen LogP contribution is -2.33. The maximum absolute atomic E-state index is 5.89. The summed E-state index contributed by atoms with van der Waals surface area (Å²) in [7, 11) is 0. The molecule has 0 saturated carbocycles. The van der Waals surface area contributed by atoms with Crippen molar-refractivity contribution in [2.75, 3.05) is 0 Å². The van der Waals surface area contributed by atoms with Crippen LogP contribution in [0.25, 0.3) is 0 Å². The van der Waals surface area contributed by atoms with E-state index in [-0.39, 0.29) is 12.2 Å². The monoisotopic (exact) mass is 322 g/mol. The van der Waals surface area contributed by atoms with Crippen molar-refractivity contribution in [1.29, 1.82) is 0 Å². The van der Waals surface area contributed by atoms with Gasteiger partial charge >= 0.3 is 0 Å². The highest BCUT2D eigenvalue weighted by Crippen LogP contribution is 2.55. The van der Waals surface area contributed by atoms with Crippen molar-refractivity contribution in [1.82, 2.24) is 0 Å². The van der Waals surface area contributed by atoms with E-state index in [0.717, 1.165) is 0 Å². The fraction of sp³-hybridized carbons (Fsp3) is 0.455. The maximum atomic E-state index is 5.89. The van der Waals surface area contributed by atoms with Crippen molar-refractivity contribution in [3.63, 3.8) is 0 Å². The molecule has 24 heavy (non-hydrogen) atoms. The van der Waals surface area contributed by atoms with E-state index in [4.69, 9.17) is 9.78 Å². The molecule has 3 aliphatic rings. The van der Waals surface area contributed by atoms with Gasteiger partial charge in [-0.15, -0.1) is 0 Å². The molecule has 2 heterocycles. The summed E-state index contributed by atoms with van der Waals surface area (Å²) in [5.74, 6) is 0. The third kappa shape index (κ3) is 1.68. The Morgan fingerprint density at radius 1 is 0.375 bits per heavy atom. The minimum atomic E-state index is -0.101. The van der Waals surface area contributed by atoms with Crippen LogP contribution in [0, 0.1) is 55.4 Å². The Labute approximate surface area is 144 Å². The largest absolute Gasteiger partial charge is 0.223 e. The average molecular weight is 322 g/mol. The van der Waals surface area contributed by atoms with Gasteiger partial charge in [0, 0.05) is 0 Å². The van der Waals surface area contributed by atoms with Gasteiger partial charge in [-0.25, -0.2) is 9.78 Å². The van der Waals surface area contributed by atoms with E-state index in [1.165, 1.54) is 66.8 Å². The topological polar surface area (TPSA) is 18.5 Å². The summed E-state index contributed by atoms with van der Waals surface area (Å²) in [5, 5.41) is 0. The zero-order valence-electron chi connectivity index (χ0n) is 16.0. The zero-order valence-corrected chi connectivity index (χ0v) is 16.0. The molecule has 0 aromatic heterocycles. The molecule has 0 amide bonds. The number of rotatable bonds is 0. The molecule has 2 nitrogen and oxygen atoms in total. The van der Waals surface area contributed by atoms with Gasteiger partial charge in [0.15, 0.2) is 0 Å². The lowest BCUT2D eigenvalue weighted by atomic mass is 9.71. The van der Waals surface area contributed by atoms with Gasteiger partial charge in [-0.05, 0) is 122 Å². The van der Waals surface area contributed by atoms with Crippen molar-refractivity contribution in [3.8, 4) is 0 Å². The predicted octanol–water partition coefficient (Wildman–Crippen LogP) is 5.61. The molecule has 0 fully saturated rings. The normalized spacial score (nSPS) is 21.0. The van der Waals surface area contributed by atoms with Gasteiger partial charge in [0.1, 0.15) is 12.2 Å². The highest BCUT2D eigenvalue weighted by atomic mass is 17.2. The molecule has 0 N–H and O–H groups in total. The van der Waals surface area contributed by atoms with Gasteiger partial charge < -0.3 is 0 Å². The van der Waals surface area contributed by atoms with Crippen LogP contribution < -0.4 is 0 Å². The van der Waals surface area contributed by atoms with Gasteiger partial charge in [0.2, 0.25) is 0 Å². The second-order valence-electron chi connectivity index (χ2n) is 7.61. The maximum Gasteiger partial charge on any atom is 0.144 e. The van der Waals surface area contributed by atoms with Crippen molar-refractivity contribution in [2.24, 2.45) is 0 Å². The highest BCUT2D eigenvalue weighted by molar-refractivity contribution is 5.65. The molecule has 2 aromatic rings. The number of benzene rings is 2. The standard InChI is InChI=1S/C22H26O2/c1-9-10(2)14(6)18-17(13(9)5)21-19-15(7)11(3)12(4)16(8)20(19)22(18)24-23-21/h21-22H,1-8H3. The molecule has 2 bridgehead atoms. The van der Waals surface area contributed by atoms with Gasteiger partial charge in [0.25, 0.3) is 0 Å². The molecule has 1 aliphatic carbocycles. The molecule has 126 valence electrons. The summed E-state index contributed by atoms with van der Waals surface area (Å²) in [6.45, 7) is 17.8. The van der Waals surface area contributed by atoms with Crippen LogP contribution in [0.3, 0.4) is 0 Å². The smallest absolute Gasteiger partial charge is 0.144 e. The first kappa shape index (κ1) is 15.9. The quantitative estimate of drug-likeness (QED) is 0.587. The van der Waals surface area contributed by atoms with Crippen LogP contribution in [0.4, 0.5) is 0 Å². The van der Waals surface area contributed by atoms with Crippen molar-refractivity contribution < 1.29 is 9.78 Å². The summed E-state index contributed by atoms with van der Waals surface area (Å²) in [6.07, 6.45) is -0.202. The van der Waals surface area contributed by atoms with Crippen LogP contribution in [0.15, 0.2) is 0 Å². The molecule has 2 aromatic carbocycles. The summed E-state index contributed by atoms with van der Waals surface area (Å²) in [5.41, 5.74) is 16.3. The first-order valence-corrected chi connectivity index (χ1v) is 8.79. The Bertz CT molecular complexity index is 760. The SMILES string of the molecule is Cc1c(C)c(C)c2c(c1C)C1OOC2c2c(C)c(C)c(C)c(C)c21. The lowest BCUT2D eigenvalue weighted by Gasteiger charge is -2.43. The van der Waals surface area contributed by atoms with Crippen LogP contribution in [0.5, 0.6) is 0 Å². The summed E-state index contributed by atoms with van der Waals surface area (Å²) < 4.78 is 0.